The fraction of sp³-hybridized carbons (Fsp3) is 0.294. The SMILES string of the molecule is COc1ccc(CSCC2Nc3cc(OC)c(S(N)(=O)=O)cc3S(=O)(=O)N2)cc1. The van der Waals surface area contributed by atoms with E-state index < -0.39 is 31.1 Å². The number of primary sulfonamides is 1. The van der Waals surface area contributed by atoms with Crippen molar-refractivity contribution in [1.29, 1.82) is 0 Å². The number of sulfonamides is 2. The molecular weight excluding hydrogens is 438 g/mol. The molecule has 1 heterocycles. The van der Waals surface area contributed by atoms with Crippen LogP contribution < -0.4 is 24.7 Å². The molecule has 0 aliphatic carbocycles. The van der Waals surface area contributed by atoms with Crippen molar-refractivity contribution < 1.29 is 26.3 Å². The van der Waals surface area contributed by atoms with E-state index in [1.165, 1.54) is 13.2 Å². The highest BCUT2D eigenvalue weighted by molar-refractivity contribution is 7.98. The average molecular weight is 460 g/mol. The number of anilines is 1. The molecule has 1 aliphatic heterocycles. The summed E-state index contributed by atoms with van der Waals surface area (Å²) in [4.78, 5) is -0.586. The van der Waals surface area contributed by atoms with Crippen LogP contribution in [0.2, 0.25) is 0 Å². The van der Waals surface area contributed by atoms with Gasteiger partial charge in [0.1, 0.15) is 21.3 Å². The third kappa shape index (κ3) is 4.95. The molecule has 2 aromatic carbocycles. The van der Waals surface area contributed by atoms with Gasteiger partial charge in [-0.2, -0.15) is 16.5 Å². The highest BCUT2D eigenvalue weighted by Crippen LogP contribution is 2.35. The maximum absolute atomic E-state index is 12.6. The molecule has 0 fully saturated rings. The lowest BCUT2D eigenvalue weighted by Gasteiger charge is -2.28. The van der Waals surface area contributed by atoms with Gasteiger partial charge >= 0.3 is 0 Å². The summed E-state index contributed by atoms with van der Waals surface area (Å²) in [5.41, 5.74) is 1.33. The van der Waals surface area contributed by atoms with Crippen LogP contribution in [0.1, 0.15) is 5.56 Å². The Labute approximate surface area is 174 Å². The van der Waals surface area contributed by atoms with Crippen LogP contribution in [-0.2, 0) is 25.8 Å². The number of nitrogens with one attached hydrogen (secondary N) is 2. The van der Waals surface area contributed by atoms with Crippen LogP contribution in [0.4, 0.5) is 5.69 Å². The van der Waals surface area contributed by atoms with Gasteiger partial charge in [0.15, 0.2) is 0 Å². The van der Waals surface area contributed by atoms with Crippen molar-refractivity contribution in [3.05, 3.63) is 42.0 Å². The number of nitrogens with two attached hydrogens (primary N) is 1. The molecular formula is C17H21N3O6S3. The highest BCUT2D eigenvalue weighted by atomic mass is 32.2. The number of benzene rings is 2. The molecule has 4 N–H and O–H groups in total. The summed E-state index contributed by atoms with van der Waals surface area (Å²) in [5.74, 6) is 1.87. The number of hydrogen-bond donors (Lipinski definition) is 3. The van der Waals surface area contributed by atoms with Crippen molar-refractivity contribution in [2.45, 2.75) is 21.7 Å². The smallest absolute Gasteiger partial charge is 0.244 e. The molecule has 1 unspecified atom stereocenters. The van der Waals surface area contributed by atoms with E-state index in [1.54, 1.807) is 18.9 Å². The minimum absolute atomic E-state index is 0.0273. The van der Waals surface area contributed by atoms with Gasteiger partial charge in [-0.05, 0) is 23.8 Å². The summed E-state index contributed by atoms with van der Waals surface area (Å²) in [5, 5.41) is 8.23. The van der Waals surface area contributed by atoms with Crippen LogP contribution in [0.5, 0.6) is 11.5 Å². The van der Waals surface area contributed by atoms with E-state index in [9.17, 15) is 16.8 Å². The van der Waals surface area contributed by atoms with E-state index in [2.05, 4.69) is 10.0 Å². The molecule has 9 nitrogen and oxygen atoms in total. The summed E-state index contributed by atoms with van der Waals surface area (Å²) in [6.45, 7) is 0. The van der Waals surface area contributed by atoms with Crippen LogP contribution in [0, 0.1) is 0 Å². The van der Waals surface area contributed by atoms with Crippen molar-refractivity contribution in [2.75, 3.05) is 25.3 Å². The van der Waals surface area contributed by atoms with Gasteiger partial charge in [-0.3, -0.25) is 0 Å². The number of hydrogen-bond acceptors (Lipinski definition) is 8. The first-order valence-electron chi connectivity index (χ1n) is 8.38. The Morgan fingerprint density at radius 1 is 1.14 bits per heavy atom. The molecule has 2 aromatic rings. The predicted octanol–water partition coefficient (Wildman–Crippen LogP) is 1.31. The van der Waals surface area contributed by atoms with Crippen LogP contribution >= 0.6 is 11.8 Å². The first kappa shape index (κ1) is 21.7. The minimum atomic E-state index is -4.15. The molecule has 1 atom stereocenters. The largest absolute Gasteiger partial charge is 0.497 e. The van der Waals surface area contributed by atoms with Gasteiger partial charge in [0.25, 0.3) is 0 Å². The number of thioether (sulfide) groups is 1. The molecule has 29 heavy (non-hydrogen) atoms. The van der Waals surface area contributed by atoms with Crippen molar-refractivity contribution in [2.24, 2.45) is 5.14 Å². The number of ether oxygens (including phenoxy) is 2. The number of rotatable bonds is 7. The summed E-state index contributed by atoms with van der Waals surface area (Å²) in [6.07, 6.45) is -0.569. The third-order valence-corrected chi connectivity index (χ3v) is 7.75. The Hall–Kier alpha value is -1.99. The molecule has 3 rings (SSSR count). The zero-order chi connectivity index (χ0) is 21.2. The van der Waals surface area contributed by atoms with Crippen LogP contribution in [-0.4, -0.2) is 43.0 Å². The van der Waals surface area contributed by atoms with E-state index >= 15 is 0 Å². The Balaban J connectivity index is 1.76. The Kier molecular flexibility index (Phi) is 6.29. The van der Waals surface area contributed by atoms with Gasteiger partial charge in [-0.15, -0.1) is 0 Å². The summed E-state index contributed by atoms with van der Waals surface area (Å²) < 4.78 is 61.4. The molecule has 0 spiro atoms. The quantitative estimate of drug-likeness (QED) is 0.564. The second-order valence-corrected chi connectivity index (χ2v) is 10.5. The molecule has 0 amide bonds. The maximum atomic E-state index is 12.6. The van der Waals surface area contributed by atoms with Crippen LogP contribution in [0.25, 0.3) is 0 Å². The van der Waals surface area contributed by atoms with Gasteiger partial charge in [-0.25, -0.2) is 22.0 Å². The molecule has 0 radical (unpaired) electrons. The summed E-state index contributed by atoms with van der Waals surface area (Å²) in [7, 11) is -5.19. The average Bonchev–Trinajstić information content (AvgIpc) is 2.66. The lowest BCUT2D eigenvalue weighted by Crippen LogP contribution is -2.46. The van der Waals surface area contributed by atoms with E-state index in [4.69, 9.17) is 14.6 Å². The number of fused-ring (bicyclic) bond motifs is 1. The Bertz CT molecular complexity index is 1100. The number of methoxy groups -OCH3 is 2. The molecule has 158 valence electrons. The van der Waals surface area contributed by atoms with Gasteiger partial charge in [-0.1, -0.05) is 12.1 Å². The monoisotopic (exact) mass is 459 g/mol. The highest BCUT2D eigenvalue weighted by Gasteiger charge is 2.32. The normalized spacial score (nSPS) is 17.8. The van der Waals surface area contributed by atoms with Gasteiger partial charge < -0.3 is 14.8 Å². The molecule has 1 aliphatic rings. The first-order valence-corrected chi connectivity index (χ1v) is 12.6. The lowest BCUT2D eigenvalue weighted by atomic mass is 10.2. The molecule has 0 aromatic heterocycles. The van der Waals surface area contributed by atoms with E-state index in [-0.39, 0.29) is 16.3 Å². The van der Waals surface area contributed by atoms with Crippen LogP contribution in [0.3, 0.4) is 0 Å². The molecule has 12 heteroatoms. The third-order valence-electron chi connectivity index (χ3n) is 4.20. The van der Waals surface area contributed by atoms with Gasteiger partial charge in [0, 0.05) is 17.6 Å². The molecule has 0 saturated heterocycles. The zero-order valence-corrected chi connectivity index (χ0v) is 18.2. The fourth-order valence-corrected chi connectivity index (χ4v) is 5.98. The van der Waals surface area contributed by atoms with E-state index in [0.29, 0.717) is 11.5 Å². The fourth-order valence-electron chi connectivity index (χ4n) is 2.82. The Morgan fingerprint density at radius 2 is 1.83 bits per heavy atom. The summed E-state index contributed by atoms with van der Waals surface area (Å²) in [6, 6.07) is 9.94. The van der Waals surface area contributed by atoms with Crippen molar-refractivity contribution in [1.82, 2.24) is 4.72 Å². The van der Waals surface area contributed by atoms with Gasteiger partial charge in [0.05, 0.1) is 26.1 Å². The molecule has 0 saturated carbocycles. The maximum Gasteiger partial charge on any atom is 0.244 e. The van der Waals surface area contributed by atoms with Crippen molar-refractivity contribution in [3.63, 3.8) is 0 Å². The van der Waals surface area contributed by atoms with Crippen molar-refractivity contribution >= 4 is 37.5 Å². The second kappa shape index (κ2) is 8.40. The minimum Gasteiger partial charge on any atom is -0.497 e. The molecule has 0 bridgehead atoms. The second-order valence-electron chi connectivity index (χ2n) is 6.23. The standard InChI is InChI=1S/C17H21N3O6S3/c1-25-12-5-3-11(4-6-12)9-27-10-17-19-13-7-14(26-2)16(28(18,21)22)8-15(13)29(23,24)20-17/h3-8,17,19-20H,9-10H2,1-2H3,(H2,18,21,22). The van der Waals surface area contributed by atoms with Crippen molar-refractivity contribution in [3.8, 4) is 11.5 Å². The van der Waals surface area contributed by atoms with E-state index in [0.717, 1.165) is 17.4 Å². The topological polar surface area (TPSA) is 137 Å². The lowest BCUT2D eigenvalue weighted by molar-refractivity contribution is 0.402. The summed E-state index contributed by atoms with van der Waals surface area (Å²) >= 11 is 1.54. The van der Waals surface area contributed by atoms with E-state index in [1.807, 2.05) is 24.3 Å². The Morgan fingerprint density at radius 3 is 2.41 bits per heavy atom. The van der Waals surface area contributed by atoms with Crippen LogP contribution in [0.15, 0.2) is 46.2 Å². The predicted molar refractivity (Wildman–Crippen MR) is 111 cm³/mol. The van der Waals surface area contributed by atoms with Gasteiger partial charge in [0.2, 0.25) is 20.0 Å². The zero-order valence-electron chi connectivity index (χ0n) is 15.7. The first-order chi connectivity index (χ1) is 13.6.